The van der Waals surface area contributed by atoms with Crippen molar-refractivity contribution in [3.63, 3.8) is 0 Å². The first-order chi connectivity index (χ1) is 10.1. The highest BCUT2D eigenvalue weighted by Crippen LogP contribution is 2.27. The topological polar surface area (TPSA) is 26.3 Å². The number of hydrogen-bond acceptors (Lipinski definition) is 2. The summed E-state index contributed by atoms with van der Waals surface area (Å²) in [6.45, 7) is 0.746. The molecule has 2 nitrogen and oxygen atoms in total. The Bertz CT molecular complexity index is 695. The Balaban J connectivity index is 1.70. The predicted octanol–water partition coefficient (Wildman–Crippen LogP) is 4.74. The van der Waals surface area contributed by atoms with E-state index in [9.17, 15) is 4.79 Å². The van der Waals surface area contributed by atoms with Crippen LogP contribution in [0.2, 0.25) is 10.0 Å². The van der Waals surface area contributed by atoms with Gasteiger partial charge in [0.1, 0.15) is 5.75 Å². The van der Waals surface area contributed by atoms with Crippen molar-refractivity contribution in [2.75, 3.05) is 6.61 Å². The summed E-state index contributed by atoms with van der Waals surface area (Å²) < 4.78 is 5.48. The Morgan fingerprint density at radius 2 is 2.00 bits per heavy atom. The van der Waals surface area contributed by atoms with Gasteiger partial charge in [-0.1, -0.05) is 35.3 Å². The van der Waals surface area contributed by atoms with Crippen LogP contribution in [0.25, 0.3) is 0 Å². The van der Waals surface area contributed by atoms with Crippen LogP contribution in [0.15, 0.2) is 36.4 Å². The van der Waals surface area contributed by atoms with E-state index in [1.165, 1.54) is 5.56 Å². The van der Waals surface area contributed by atoms with Gasteiger partial charge in [-0.2, -0.15) is 0 Å². The summed E-state index contributed by atoms with van der Waals surface area (Å²) in [6, 6.07) is 11.1. The third-order valence-corrected chi connectivity index (χ3v) is 4.19. The molecule has 108 valence electrons. The summed E-state index contributed by atoms with van der Waals surface area (Å²) in [5.41, 5.74) is 2.86. The van der Waals surface area contributed by atoms with Gasteiger partial charge in [0.25, 0.3) is 0 Å². The number of aryl methyl sites for hydroxylation is 1. The smallest absolute Gasteiger partial charge is 0.164 e. The van der Waals surface area contributed by atoms with Crippen LogP contribution < -0.4 is 4.74 Å². The molecule has 1 aliphatic heterocycles. The Morgan fingerprint density at radius 3 is 2.86 bits per heavy atom. The number of carbonyl (C=O) groups is 1. The monoisotopic (exact) mass is 320 g/mol. The number of carbonyl (C=O) groups excluding carboxylic acids is 1. The molecule has 3 rings (SSSR count). The molecule has 0 bridgehead atoms. The molecule has 0 saturated heterocycles. The van der Waals surface area contributed by atoms with Gasteiger partial charge in [0.2, 0.25) is 0 Å². The molecular formula is C17H14Cl2O2. The second kappa shape index (κ2) is 6.08. The van der Waals surface area contributed by atoms with E-state index in [1.807, 2.05) is 12.1 Å². The molecule has 0 aliphatic carbocycles. The van der Waals surface area contributed by atoms with Gasteiger partial charge in [-0.25, -0.2) is 0 Å². The lowest BCUT2D eigenvalue weighted by Gasteiger charge is -2.06. The summed E-state index contributed by atoms with van der Waals surface area (Å²) in [4.78, 5) is 12.3. The number of ketones is 1. The molecule has 0 unspecified atom stereocenters. The Hall–Kier alpha value is -1.51. The number of ether oxygens (including phenoxy) is 1. The van der Waals surface area contributed by atoms with Crippen LogP contribution in [0.3, 0.4) is 0 Å². The molecule has 4 heteroatoms. The van der Waals surface area contributed by atoms with E-state index < -0.39 is 0 Å². The number of fused-ring (bicyclic) bond motifs is 1. The third kappa shape index (κ3) is 3.22. The van der Waals surface area contributed by atoms with Crippen molar-refractivity contribution in [1.82, 2.24) is 0 Å². The summed E-state index contributed by atoms with van der Waals surface area (Å²) in [5, 5.41) is 0.976. The first kappa shape index (κ1) is 14.4. The molecule has 0 N–H and O–H groups in total. The minimum Gasteiger partial charge on any atom is -0.493 e. The fourth-order valence-corrected chi connectivity index (χ4v) is 2.89. The van der Waals surface area contributed by atoms with Gasteiger partial charge in [-0.15, -0.1) is 0 Å². The Morgan fingerprint density at radius 1 is 1.14 bits per heavy atom. The van der Waals surface area contributed by atoms with E-state index in [1.54, 1.807) is 18.2 Å². The molecule has 21 heavy (non-hydrogen) atoms. The fraction of sp³-hybridized carbons (Fsp3) is 0.235. The maximum Gasteiger partial charge on any atom is 0.164 e. The quantitative estimate of drug-likeness (QED) is 0.760. The highest BCUT2D eigenvalue weighted by Gasteiger charge is 2.14. The van der Waals surface area contributed by atoms with Crippen molar-refractivity contribution in [3.05, 3.63) is 63.1 Å². The third-order valence-electron chi connectivity index (χ3n) is 3.62. The molecule has 1 heterocycles. The molecule has 2 aromatic carbocycles. The van der Waals surface area contributed by atoms with E-state index in [4.69, 9.17) is 27.9 Å². The Labute approximate surface area is 133 Å². The maximum absolute atomic E-state index is 12.3. The lowest BCUT2D eigenvalue weighted by Crippen LogP contribution is -2.02. The minimum absolute atomic E-state index is 0.0132. The lowest BCUT2D eigenvalue weighted by atomic mass is 10.0. The summed E-state index contributed by atoms with van der Waals surface area (Å²) in [5.74, 6) is 0.974. The van der Waals surface area contributed by atoms with Crippen LogP contribution in [0.1, 0.15) is 27.9 Å². The molecular weight excluding hydrogens is 307 g/mol. The summed E-state index contributed by atoms with van der Waals surface area (Å²) in [6.07, 6.45) is 2.05. The number of halogens is 2. The number of Topliss-reactive ketones (excluding diaryl/α,β-unsaturated/α-hetero) is 1. The van der Waals surface area contributed by atoms with Crippen molar-refractivity contribution >= 4 is 29.0 Å². The Kier molecular flexibility index (Phi) is 4.18. The molecule has 1 aliphatic rings. The average molecular weight is 321 g/mol. The second-order valence-corrected chi connectivity index (χ2v) is 5.93. The van der Waals surface area contributed by atoms with Gasteiger partial charge in [0.05, 0.1) is 11.6 Å². The van der Waals surface area contributed by atoms with Crippen molar-refractivity contribution in [3.8, 4) is 5.75 Å². The van der Waals surface area contributed by atoms with E-state index in [-0.39, 0.29) is 5.78 Å². The first-order valence-electron chi connectivity index (χ1n) is 6.86. The SMILES string of the molecule is O=C(CCc1ccc2c(c1)CCO2)c1cc(Cl)ccc1Cl. The van der Waals surface area contributed by atoms with Gasteiger partial charge in [-0.05, 0) is 41.8 Å². The summed E-state index contributed by atoms with van der Waals surface area (Å²) >= 11 is 12.0. The van der Waals surface area contributed by atoms with Crippen LogP contribution >= 0.6 is 23.2 Å². The average Bonchev–Trinajstić information content (AvgIpc) is 2.94. The van der Waals surface area contributed by atoms with Crippen LogP contribution in [0.4, 0.5) is 0 Å². The zero-order chi connectivity index (χ0) is 14.8. The molecule has 0 spiro atoms. The van der Waals surface area contributed by atoms with Crippen LogP contribution in [-0.2, 0) is 12.8 Å². The van der Waals surface area contributed by atoms with E-state index in [0.29, 0.717) is 28.5 Å². The van der Waals surface area contributed by atoms with Gasteiger partial charge in [0, 0.05) is 23.4 Å². The predicted molar refractivity (Wildman–Crippen MR) is 84.8 cm³/mol. The summed E-state index contributed by atoms with van der Waals surface area (Å²) in [7, 11) is 0. The molecule has 0 radical (unpaired) electrons. The van der Waals surface area contributed by atoms with Gasteiger partial charge < -0.3 is 4.74 Å². The second-order valence-electron chi connectivity index (χ2n) is 5.09. The molecule has 0 amide bonds. The van der Waals surface area contributed by atoms with Crippen LogP contribution in [0, 0.1) is 0 Å². The van der Waals surface area contributed by atoms with E-state index >= 15 is 0 Å². The van der Waals surface area contributed by atoms with E-state index in [2.05, 4.69) is 6.07 Å². The van der Waals surface area contributed by atoms with Crippen molar-refractivity contribution in [2.45, 2.75) is 19.3 Å². The highest BCUT2D eigenvalue weighted by atomic mass is 35.5. The van der Waals surface area contributed by atoms with Crippen LogP contribution in [-0.4, -0.2) is 12.4 Å². The molecule has 2 aromatic rings. The van der Waals surface area contributed by atoms with Crippen molar-refractivity contribution in [2.24, 2.45) is 0 Å². The largest absolute Gasteiger partial charge is 0.493 e. The van der Waals surface area contributed by atoms with E-state index in [0.717, 1.165) is 24.3 Å². The lowest BCUT2D eigenvalue weighted by molar-refractivity contribution is 0.0983. The maximum atomic E-state index is 12.3. The number of benzene rings is 2. The number of rotatable bonds is 4. The molecule has 0 atom stereocenters. The normalized spacial score (nSPS) is 12.9. The zero-order valence-electron chi connectivity index (χ0n) is 11.4. The first-order valence-corrected chi connectivity index (χ1v) is 7.62. The number of hydrogen-bond donors (Lipinski definition) is 0. The fourth-order valence-electron chi connectivity index (χ4n) is 2.50. The molecule has 0 aromatic heterocycles. The van der Waals surface area contributed by atoms with Gasteiger partial charge in [0.15, 0.2) is 5.78 Å². The molecule has 0 saturated carbocycles. The van der Waals surface area contributed by atoms with Crippen molar-refractivity contribution < 1.29 is 9.53 Å². The zero-order valence-corrected chi connectivity index (χ0v) is 12.9. The molecule has 0 fully saturated rings. The van der Waals surface area contributed by atoms with Crippen molar-refractivity contribution in [1.29, 1.82) is 0 Å². The van der Waals surface area contributed by atoms with Crippen LogP contribution in [0.5, 0.6) is 5.75 Å². The van der Waals surface area contributed by atoms with Gasteiger partial charge in [-0.3, -0.25) is 4.79 Å². The minimum atomic E-state index is 0.0132. The van der Waals surface area contributed by atoms with Gasteiger partial charge >= 0.3 is 0 Å². The highest BCUT2D eigenvalue weighted by molar-refractivity contribution is 6.35. The standard InChI is InChI=1S/C17H14Cl2O2/c18-13-3-4-15(19)14(10-13)16(20)5-1-11-2-6-17-12(9-11)7-8-21-17/h2-4,6,9-10H,1,5,7-8H2.